The molecule has 0 atom stereocenters. The summed E-state index contributed by atoms with van der Waals surface area (Å²) in [5.41, 5.74) is 1.74. The van der Waals surface area contributed by atoms with Crippen molar-refractivity contribution in [3.8, 4) is 5.75 Å². The van der Waals surface area contributed by atoms with Crippen LogP contribution in [0, 0.1) is 5.82 Å². The molecule has 3 aromatic rings. The Kier molecular flexibility index (Phi) is 7.53. The lowest BCUT2D eigenvalue weighted by molar-refractivity contribution is -0.118. The first-order valence-corrected chi connectivity index (χ1v) is 9.83. The van der Waals surface area contributed by atoms with Gasteiger partial charge in [0.15, 0.2) is 6.61 Å². The average Bonchev–Trinajstić information content (AvgIpc) is 2.77. The number of anilines is 2. The van der Waals surface area contributed by atoms with E-state index in [2.05, 4.69) is 16.0 Å². The Morgan fingerprint density at radius 2 is 1.66 bits per heavy atom. The van der Waals surface area contributed by atoms with Gasteiger partial charge in [0, 0.05) is 19.2 Å². The lowest BCUT2D eigenvalue weighted by Crippen LogP contribution is -2.25. The highest BCUT2D eigenvalue weighted by Crippen LogP contribution is 2.19. The van der Waals surface area contributed by atoms with E-state index in [4.69, 9.17) is 4.74 Å². The van der Waals surface area contributed by atoms with Crippen LogP contribution in [0.2, 0.25) is 0 Å². The molecule has 164 valence electrons. The van der Waals surface area contributed by atoms with Crippen LogP contribution in [0.4, 0.5) is 15.8 Å². The lowest BCUT2D eigenvalue weighted by atomic mass is 10.1. The molecule has 0 saturated heterocycles. The Morgan fingerprint density at radius 3 is 2.44 bits per heavy atom. The molecule has 32 heavy (non-hydrogen) atoms. The van der Waals surface area contributed by atoms with Crippen molar-refractivity contribution < 1.29 is 23.5 Å². The van der Waals surface area contributed by atoms with Crippen molar-refractivity contribution in [2.75, 3.05) is 17.2 Å². The second kappa shape index (κ2) is 10.7. The summed E-state index contributed by atoms with van der Waals surface area (Å²) in [6, 6.07) is 19.4. The molecule has 0 aliphatic carbocycles. The lowest BCUT2D eigenvalue weighted by Gasteiger charge is -2.12. The minimum atomic E-state index is -0.555. The second-order valence-corrected chi connectivity index (χ2v) is 6.88. The molecule has 0 spiro atoms. The van der Waals surface area contributed by atoms with Crippen molar-refractivity contribution in [3.05, 3.63) is 89.7 Å². The topological polar surface area (TPSA) is 96.5 Å². The summed E-state index contributed by atoms with van der Waals surface area (Å²) in [4.78, 5) is 36.0. The van der Waals surface area contributed by atoms with Gasteiger partial charge in [0.1, 0.15) is 11.6 Å². The van der Waals surface area contributed by atoms with Crippen molar-refractivity contribution in [2.45, 2.75) is 13.5 Å². The van der Waals surface area contributed by atoms with Crippen molar-refractivity contribution in [1.82, 2.24) is 5.32 Å². The van der Waals surface area contributed by atoms with E-state index >= 15 is 0 Å². The van der Waals surface area contributed by atoms with Gasteiger partial charge < -0.3 is 20.7 Å². The van der Waals surface area contributed by atoms with E-state index in [-0.39, 0.29) is 35.4 Å². The first-order chi connectivity index (χ1) is 15.4. The largest absolute Gasteiger partial charge is 0.483 e. The highest BCUT2D eigenvalue weighted by molar-refractivity contribution is 5.97. The predicted molar refractivity (Wildman–Crippen MR) is 119 cm³/mol. The third-order valence-corrected chi connectivity index (χ3v) is 4.34. The molecular weight excluding hydrogens is 413 g/mol. The number of carbonyl (C=O) groups is 3. The Labute approximate surface area is 184 Å². The van der Waals surface area contributed by atoms with E-state index in [1.165, 1.54) is 25.1 Å². The smallest absolute Gasteiger partial charge is 0.262 e. The molecular formula is C24H22FN3O4. The van der Waals surface area contributed by atoms with Crippen LogP contribution in [0.1, 0.15) is 22.8 Å². The molecule has 0 bridgehead atoms. The van der Waals surface area contributed by atoms with Gasteiger partial charge in [-0.3, -0.25) is 14.4 Å². The van der Waals surface area contributed by atoms with Gasteiger partial charge in [-0.25, -0.2) is 4.39 Å². The van der Waals surface area contributed by atoms with Crippen LogP contribution in [-0.4, -0.2) is 24.3 Å². The summed E-state index contributed by atoms with van der Waals surface area (Å²) in [6.45, 7) is 1.26. The zero-order chi connectivity index (χ0) is 22.9. The molecule has 3 amide bonds. The predicted octanol–water partition coefficient (Wildman–Crippen LogP) is 3.73. The van der Waals surface area contributed by atoms with E-state index in [1.54, 1.807) is 48.5 Å². The minimum absolute atomic E-state index is 0.0496. The average molecular weight is 435 g/mol. The number of benzene rings is 3. The van der Waals surface area contributed by atoms with Crippen LogP contribution in [0.15, 0.2) is 72.8 Å². The molecule has 0 aliphatic heterocycles. The van der Waals surface area contributed by atoms with Crippen LogP contribution in [0.3, 0.4) is 0 Å². The van der Waals surface area contributed by atoms with Crippen LogP contribution < -0.4 is 20.7 Å². The van der Waals surface area contributed by atoms with Crippen LogP contribution in [0.5, 0.6) is 5.75 Å². The van der Waals surface area contributed by atoms with Gasteiger partial charge >= 0.3 is 0 Å². The molecule has 0 aromatic heterocycles. The fourth-order valence-corrected chi connectivity index (χ4v) is 2.91. The summed E-state index contributed by atoms with van der Waals surface area (Å²) in [6.07, 6.45) is 0. The van der Waals surface area contributed by atoms with Gasteiger partial charge in [-0.05, 0) is 42.0 Å². The summed E-state index contributed by atoms with van der Waals surface area (Å²) < 4.78 is 19.2. The van der Waals surface area contributed by atoms with Gasteiger partial charge in [0.2, 0.25) is 5.91 Å². The number of halogens is 1. The van der Waals surface area contributed by atoms with Crippen LogP contribution >= 0.6 is 0 Å². The van der Waals surface area contributed by atoms with E-state index in [1.807, 2.05) is 6.07 Å². The number of para-hydroxylation sites is 2. The quantitative estimate of drug-likeness (QED) is 0.502. The van der Waals surface area contributed by atoms with Crippen molar-refractivity contribution >= 4 is 29.1 Å². The fourth-order valence-electron chi connectivity index (χ4n) is 2.91. The number of hydrogen-bond donors (Lipinski definition) is 3. The molecule has 0 aliphatic rings. The van der Waals surface area contributed by atoms with E-state index in [9.17, 15) is 18.8 Å². The third kappa shape index (κ3) is 6.40. The van der Waals surface area contributed by atoms with Gasteiger partial charge in [-0.15, -0.1) is 0 Å². The molecule has 0 saturated carbocycles. The van der Waals surface area contributed by atoms with E-state index in [0.29, 0.717) is 5.69 Å². The summed E-state index contributed by atoms with van der Waals surface area (Å²) >= 11 is 0. The van der Waals surface area contributed by atoms with Gasteiger partial charge in [0.05, 0.1) is 11.3 Å². The number of carbonyl (C=O) groups excluding carboxylic acids is 3. The molecule has 7 nitrogen and oxygen atoms in total. The standard InChI is InChI=1S/C24H22FN3O4/c1-16(29)27-18-8-6-7-17(13-18)14-26-24(31)19-9-2-5-12-22(19)32-15-23(30)28-21-11-4-3-10-20(21)25/h2-13H,14-15H2,1H3,(H,26,31)(H,27,29)(H,28,30). The maximum absolute atomic E-state index is 13.7. The molecule has 3 rings (SSSR count). The number of hydrogen-bond acceptors (Lipinski definition) is 4. The zero-order valence-electron chi connectivity index (χ0n) is 17.4. The minimum Gasteiger partial charge on any atom is -0.483 e. The first kappa shape index (κ1) is 22.5. The molecule has 3 aromatic carbocycles. The highest BCUT2D eigenvalue weighted by Gasteiger charge is 2.14. The molecule has 8 heteroatoms. The summed E-state index contributed by atoms with van der Waals surface area (Å²) in [5.74, 6) is -1.46. The van der Waals surface area contributed by atoms with E-state index < -0.39 is 18.3 Å². The van der Waals surface area contributed by atoms with Crippen LogP contribution in [-0.2, 0) is 16.1 Å². The third-order valence-electron chi connectivity index (χ3n) is 4.34. The molecule has 0 heterocycles. The molecule has 0 fully saturated rings. The van der Waals surface area contributed by atoms with Crippen LogP contribution in [0.25, 0.3) is 0 Å². The van der Waals surface area contributed by atoms with Crippen molar-refractivity contribution in [3.63, 3.8) is 0 Å². The first-order valence-electron chi connectivity index (χ1n) is 9.83. The highest BCUT2D eigenvalue weighted by atomic mass is 19.1. The maximum Gasteiger partial charge on any atom is 0.262 e. The van der Waals surface area contributed by atoms with Gasteiger partial charge in [-0.1, -0.05) is 36.4 Å². The summed E-state index contributed by atoms with van der Waals surface area (Å²) in [5, 5.41) is 7.90. The monoisotopic (exact) mass is 435 g/mol. The normalized spacial score (nSPS) is 10.2. The maximum atomic E-state index is 13.7. The summed E-state index contributed by atoms with van der Waals surface area (Å²) in [7, 11) is 0. The van der Waals surface area contributed by atoms with Gasteiger partial charge in [0.25, 0.3) is 11.8 Å². The zero-order valence-corrected chi connectivity index (χ0v) is 17.4. The number of ether oxygens (including phenoxy) is 1. The Morgan fingerprint density at radius 1 is 0.906 bits per heavy atom. The van der Waals surface area contributed by atoms with Crippen molar-refractivity contribution in [2.24, 2.45) is 0 Å². The molecule has 0 unspecified atom stereocenters. The number of rotatable bonds is 8. The molecule has 0 radical (unpaired) electrons. The Hall–Kier alpha value is -4.20. The fraction of sp³-hybridized carbons (Fsp3) is 0.125. The second-order valence-electron chi connectivity index (χ2n) is 6.88. The molecule has 3 N–H and O–H groups in total. The number of amides is 3. The number of nitrogens with one attached hydrogen (secondary N) is 3. The van der Waals surface area contributed by atoms with Crippen molar-refractivity contribution in [1.29, 1.82) is 0 Å². The van der Waals surface area contributed by atoms with Gasteiger partial charge in [-0.2, -0.15) is 0 Å². The van der Waals surface area contributed by atoms with E-state index in [0.717, 1.165) is 5.56 Å². The Balaban J connectivity index is 1.59. The SMILES string of the molecule is CC(=O)Nc1cccc(CNC(=O)c2ccccc2OCC(=O)Nc2ccccc2F)c1. The Bertz CT molecular complexity index is 1130.